The smallest absolute Gasteiger partial charge is 0.290 e. The Morgan fingerprint density at radius 3 is 2.66 bits per heavy atom. The van der Waals surface area contributed by atoms with Gasteiger partial charge in [-0.15, -0.1) is 0 Å². The Bertz CT molecular complexity index is 847. The fourth-order valence-corrected chi connectivity index (χ4v) is 3.45. The summed E-state index contributed by atoms with van der Waals surface area (Å²) in [6, 6.07) is 12.7. The molecule has 2 N–H and O–H groups in total. The normalized spacial score (nSPS) is 17.8. The lowest BCUT2D eigenvalue weighted by Crippen LogP contribution is -2.56. The molecule has 9 nitrogen and oxygen atoms in total. The van der Waals surface area contributed by atoms with Crippen molar-refractivity contribution in [2.24, 2.45) is 0 Å². The Kier molecular flexibility index (Phi) is 10.1. The number of nitrogens with zero attached hydrogens (tertiary/aromatic N) is 2. The molecule has 0 saturated carbocycles. The van der Waals surface area contributed by atoms with E-state index in [9.17, 15) is 9.59 Å². The lowest BCUT2D eigenvalue weighted by molar-refractivity contribution is -0.167. The first-order valence-corrected chi connectivity index (χ1v) is 10.4. The molecule has 1 fully saturated rings. The number of amides is 2. The number of morpholine rings is 1. The summed E-state index contributed by atoms with van der Waals surface area (Å²) in [5, 5.41) is 9.80. The van der Waals surface area contributed by atoms with Crippen LogP contribution in [0.1, 0.15) is 31.9 Å². The lowest BCUT2D eigenvalue weighted by Gasteiger charge is -2.42. The van der Waals surface area contributed by atoms with E-state index in [1.807, 2.05) is 56.3 Å². The number of pyridine rings is 1. The van der Waals surface area contributed by atoms with E-state index in [0.29, 0.717) is 25.3 Å². The third-order valence-corrected chi connectivity index (χ3v) is 4.74. The largest absolute Gasteiger partial charge is 0.492 e. The zero-order valence-corrected chi connectivity index (χ0v) is 18.2. The molecule has 1 aliphatic rings. The molecule has 1 aliphatic heterocycles. The maximum Gasteiger partial charge on any atom is 0.290 e. The third kappa shape index (κ3) is 7.05. The molecule has 172 valence electrons. The molecule has 0 unspecified atom stereocenters. The van der Waals surface area contributed by atoms with Crippen molar-refractivity contribution in [3.8, 4) is 5.75 Å². The van der Waals surface area contributed by atoms with E-state index in [1.54, 1.807) is 17.3 Å². The summed E-state index contributed by atoms with van der Waals surface area (Å²) in [4.78, 5) is 39.4. The van der Waals surface area contributed by atoms with Crippen molar-refractivity contribution in [3.05, 3.63) is 60.4 Å². The Balaban J connectivity index is 0.00000114. The van der Waals surface area contributed by atoms with Crippen LogP contribution >= 0.6 is 0 Å². The number of rotatable bonds is 8. The van der Waals surface area contributed by atoms with Crippen molar-refractivity contribution in [3.63, 3.8) is 0 Å². The quantitative estimate of drug-likeness (QED) is 0.473. The first-order chi connectivity index (χ1) is 15.5. The number of nitrogens with one attached hydrogen (secondary N) is 1. The van der Waals surface area contributed by atoms with Gasteiger partial charge in [-0.3, -0.25) is 19.4 Å². The molecule has 3 rings (SSSR count). The van der Waals surface area contributed by atoms with Crippen molar-refractivity contribution >= 4 is 18.3 Å². The van der Waals surface area contributed by atoms with Crippen LogP contribution in [0.5, 0.6) is 5.75 Å². The molecular weight excluding hydrogens is 414 g/mol. The molecular formula is C23H29N3O6. The maximum atomic E-state index is 12.9. The molecule has 1 saturated heterocycles. The fraction of sp³-hybridized carbons (Fsp3) is 0.391. The van der Waals surface area contributed by atoms with Crippen LogP contribution in [-0.2, 0) is 19.1 Å². The summed E-state index contributed by atoms with van der Waals surface area (Å²) in [6.07, 6.45) is 3.23. The second kappa shape index (κ2) is 13.1. The van der Waals surface area contributed by atoms with E-state index in [0.717, 1.165) is 5.56 Å². The monoisotopic (exact) mass is 443 g/mol. The second-order valence-corrected chi connectivity index (χ2v) is 7.27. The highest BCUT2D eigenvalue weighted by atomic mass is 16.5. The Morgan fingerprint density at radius 1 is 1.31 bits per heavy atom. The predicted octanol–water partition coefficient (Wildman–Crippen LogP) is 2.04. The molecule has 2 heterocycles. The van der Waals surface area contributed by atoms with Crippen molar-refractivity contribution in [2.45, 2.75) is 38.5 Å². The zero-order valence-electron chi connectivity index (χ0n) is 18.2. The van der Waals surface area contributed by atoms with E-state index in [2.05, 4.69) is 10.3 Å². The second-order valence-electron chi connectivity index (χ2n) is 7.27. The molecule has 32 heavy (non-hydrogen) atoms. The fourth-order valence-electron chi connectivity index (χ4n) is 3.45. The lowest BCUT2D eigenvalue weighted by atomic mass is 9.96. The highest BCUT2D eigenvalue weighted by Gasteiger charge is 2.42. The highest BCUT2D eigenvalue weighted by Crippen LogP contribution is 2.32. The van der Waals surface area contributed by atoms with Gasteiger partial charge < -0.3 is 24.8 Å². The van der Waals surface area contributed by atoms with Gasteiger partial charge >= 0.3 is 0 Å². The van der Waals surface area contributed by atoms with Crippen LogP contribution in [-0.4, -0.2) is 65.2 Å². The molecule has 0 aliphatic carbocycles. The summed E-state index contributed by atoms with van der Waals surface area (Å²) in [5.41, 5.74) is 0.884. The molecule has 2 atom stereocenters. The van der Waals surface area contributed by atoms with E-state index in [-0.39, 0.29) is 30.9 Å². The molecule has 0 spiro atoms. The number of carbonyl (C=O) groups excluding carboxylic acids is 2. The molecule has 0 bridgehead atoms. The summed E-state index contributed by atoms with van der Waals surface area (Å²) >= 11 is 0. The Labute approximate surface area is 187 Å². The minimum absolute atomic E-state index is 0.0419. The van der Waals surface area contributed by atoms with Gasteiger partial charge in [0.15, 0.2) is 6.10 Å². The van der Waals surface area contributed by atoms with Crippen LogP contribution in [0.3, 0.4) is 0 Å². The average Bonchev–Trinajstić information content (AvgIpc) is 2.80. The van der Waals surface area contributed by atoms with Gasteiger partial charge in [-0.25, -0.2) is 0 Å². The van der Waals surface area contributed by atoms with Crippen LogP contribution < -0.4 is 10.1 Å². The first kappa shape index (κ1) is 24.8. The molecule has 0 radical (unpaired) electrons. The Morgan fingerprint density at radius 2 is 2.03 bits per heavy atom. The Hall–Kier alpha value is -3.46. The van der Waals surface area contributed by atoms with Crippen LogP contribution in [0, 0.1) is 0 Å². The van der Waals surface area contributed by atoms with Gasteiger partial charge in [0.2, 0.25) is 5.91 Å². The number of benzene rings is 1. The van der Waals surface area contributed by atoms with E-state index in [4.69, 9.17) is 19.4 Å². The van der Waals surface area contributed by atoms with Crippen molar-refractivity contribution in [1.82, 2.24) is 15.2 Å². The SMILES string of the molecule is CC(C)N1C(=O)CO[C@H](C(=O)NCCCOc2cccnc2)[C@H]1c1ccccc1.O=CO. The van der Waals surface area contributed by atoms with Crippen molar-refractivity contribution in [2.75, 3.05) is 19.8 Å². The van der Waals surface area contributed by atoms with Crippen LogP contribution in [0.25, 0.3) is 0 Å². The van der Waals surface area contributed by atoms with Gasteiger partial charge in [-0.05, 0) is 38.0 Å². The van der Waals surface area contributed by atoms with Crippen molar-refractivity contribution < 1.29 is 29.0 Å². The average molecular weight is 444 g/mol. The number of carboxylic acid groups (broad SMARTS) is 1. The maximum absolute atomic E-state index is 12.9. The van der Waals surface area contributed by atoms with Gasteiger partial charge in [0.1, 0.15) is 12.4 Å². The molecule has 1 aromatic carbocycles. The van der Waals surface area contributed by atoms with Crippen LogP contribution in [0.2, 0.25) is 0 Å². The minimum Gasteiger partial charge on any atom is -0.492 e. The summed E-state index contributed by atoms with van der Waals surface area (Å²) in [5.74, 6) is 0.367. The highest BCUT2D eigenvalue weighted by molar-refractivity contribution is 5.86. The predicted molar refractivity (Wildman–Crippen MR) is 117 cm³/mol. The van der Waals surface area contributed by atoms with Gasteiger partial charge in [-0.1, -0.05) is 30.3 Å². The summed E-state index contributed by atoms with van der Waals surface area (Å²) in [7, 11) is 0. The summed E-state index contributed by atoms with van der Waals surface area (Å²) in [6.45, 7) is 4.48. The molecule has 2 aromatic rings. The van der Waals surface area contributed by atoms with Crippen LogP contribution in [0.15, 0.2) is 54.9 Å². The third-order valence-electron chi connectivity index (χ3n) is 4.74. The molecule has 9 heteroatoms. The van der Waals surface area contributed by atoms with E-state index < -0.39 is 12.1 Å². The van der Waals surface area contributed by atoms with Gasteiger partial charge in [0.05, 0.1) is 18.8 Å². The van der Waals surface area contributed by atoms with E-state index in [1.165, 1.54) is 0 Å². The van der Waals surface area contributed by atoms with Crippen molar-refractivity contribution in [1.29, 1.82) is 0 Å². The summed E-state index contributed by atoms with van der Waals surface area (Å²) < 4.78 is 11.3. The standard InChI is InChI=1S/C22H27N3O4.CH2O2/c1-16(2)25-19(26)15-29-21(20(25)17-8-4-3-5-9-17)22(27)24-12-7-13-28-18-10-6-11-23-14-18;2-1-3/h3-6,8-11,14,16,20-21H,7,12-13,15H2,1-2H3,(H,24,27);1H,(H,2,3)/t20-,21+;/m1./s1. The minimum atomic E-state index is -0.753. The van der Waals surface area contributed by atoms with Crippen LogP contribution in [0.4, 0.5) is 0 Å². The van der Waals surface area contributed by atoms with E-state index >= 15 is 0 Å². The first-order valence-electron chi connectivity index (χ1n) is 10.4. The molecule has 2 amide bonds. The topological polar surface area (TPSA) is 118 Å². The number of ether oxygens (including phenoxy) is 2. The van der Waals surface area contributed by atoms with Gasteiger partial charge in [0.25, 0.3) is 12.4 Å². The molecule has 1 aromatic heterocycles. The van der Waals surface area contributed by atoms with Gasteiger partial charge in [-0.2, -0.15) is 0 Å². The zero-order chi connectivity index (χ0) is 23.3. The number of carbonyl (C=O) groups is 3. The van der Waals surface area contributed by atoms with Gasteiger partial charge in [0, 0.05) is 18.8 Å². The number of aromatic nitrogens is 1. The number of hydrogen-bond acceptors (Lipinski definition) is 6. The number of hydrogen-bond donors (Lipinski definition) is 2.